The number of Topliss-reactive ketones (excluding diaryl/α,β-unsaturated/α-hetero) is 1. The first-order valence-corrected chi connectivity index (χ1v) is 11.1. The molecule has 1 aromatic heterocycles. The first-order valence-electron chi connectivity index (χ1n) is 11.1. The number of aromatic nitrogens is 2. The standard InChI is InChI=1S/C24H31N3O6/c1-24(2,3)15-11-9-14(10-12-15)13-26-20(29)17(19(28)18(25)22(31)32)21(30)27(23(26)33)16-7-5-4-6-8-16/h9-12,16,18,29H,4-8,13,25H2,1-3H3,(H,31,32). The van der Waals surface area contributed by atoms with Gasteiger partial charge >= 0.3 is 11.7 Å². The van der Waals surface area contributed by atoms with Gasteiger partial charge in [0, 0.05) is 6.04 Å². The van der Waals surface area contributed by atoms with E-state index in [-0.39, 0.29) is 12.0 Å². The van der Waals surface area contributed by atoms with E-state index in [1.165, 1.54) is 0 Å². The Balaban J connectivity index is 2.17. The normalized spacial score (nSPS) is 15.9. The monoisotopic (exact) mass is 457 g/mol. The largest absolute Gasteiger partial charge is 0.494 e. The molecule has 1 fully saturated rings. The first-order chi connectivity index (χ1) is 15.4. The molecular formula is C24H31N3O6. The van der Waals surface area contributed by atoms with E-state index in [0.717, 1.165) is 34.0 Å². The van der Waals surface area contributed by atoms with Crippen molar-refractivity contribution in [2.24, 2.45) is 5.73 Å². The van der Waals surface area contributed by atoms with Gasteiger partial charge in [-0.05, 0) is 29.4 Å². The Kier molecular flexibility index (Phi) is 6.92. The number of carboxylic acid groups (broad SMARTS) is 1. The van der Waals surface area contributed by atoms with Crippen LogP contribution in [0.2, 0.25) is 0 Å². The molecule has 1 aliphatic carbocycles. The zero-order valence-electron chi connectivity index (χ0n) is 19.2. The van der Waals surface area contributed by atoms with Crippen LogP contribution >= 0.6 is 0 Å². The van der Waals surface area contributed by atoms with Crippen LogP contribution in [0.5, 0.6) is 5.88 Å². The average molecular weight is 458 g/mol. The second kappa shape index (κ2) is 9.35. The number of carbonyl (C=O) groups is 2. The Bertz CT molecular complexity index is 1160. The number of aromatic hydroxyl groups is 1. The van der Waals surface area contributed by atoms with E-state index in [1.54, 1.807) is 0 Å². The molecule has 1 aromatic carbocycles. The van der Waals surface area contributed by atoms with E-state index < -0.39 is 46.5 Å². The minimum absolute atomic E-state index is 0.0712. The molecule has 1 aliphatic rings. The van der Waals surface area contributed by atoms with Crippen molar-refractivity contribution in [2.75, 3.05) is 0 Å². The first kappa shape index (κ1) is 24.4. The van der Waals surface area contributed by atoms with Crippen molar-refractivity contribution in [3.8, 4) is 5.88 Å². The van der Waals surface area contributed by atoms with Gasteiger partial charge in [-0.15, -0.1) is 0 Å². The van der Waals surface area contributed by atoms with Crippen LogP contribution in [-0.4, -0.2) is 37.1 Å². The Morgan fingerprint density at radius 2 is 1.67 bits per heavy atom. The van der Waals surface area contributed by atoms with Crippen molar-refractivity contribution >= 4 is 11.8 Å². The van der Waals surface area contributed by atoms with Gasteiger partial charge in [0.25, 0.3) is 5.56 Å². The van der Waals surface area contributed by atoms with Crippen molar-refractivity contribution in [1.82, 2.24) is 9.13 Å². The highest BCUT2D eigenvalue weighted by Crippen LogP contribution is 2.27. The molecular weight excluding hydrogens is 426 g/mol. The summed E-state index contributed by atoms with van der Waals surface area (Å²) < 4.78 is 1.94. The Morgan fingerprint density at radius 1 is 1.09 bits per heavy atom. The lowest BCUT2D eigenvalue weighted by atomic mass is 9.87. The van der Waals surface area contributed by atoms with E-state index >= 15 is 0 Å². The molecule has 9 nitrogen and oxygen atoms in total. The molecule has 0 bridgehead atoms. The van der Waals surface area contributed by atoms with Gasteiger partial charge in [0.05, 0.1) is 6.54 Å². The molecule has 178 valence electrons. The molecule has 0 amide bonds. The van der Waals surface area contributed by atoms with Gasteiger partial charge < -0.3 is 15.9 Å². The number of ketones is 1. The molecule has 1 heterocycles. The second-order valence-corrected chi connectivity index (χ2v) is 9.66. The number of aliphatic carboxylic acids is 1. The number of rotatable bonds is 6. The highest BCUT2D eigenvalue weighted by Gasteiger charge is 2.33. The highest BCUT2D eigenvalue weighted by molar-refractivity contribution is 6.12. The number of hydrogen-bond donors (Lipinski definition) is 3. The zero-order valence-corrected chi connectivity index (χ0v) is 19.2. The summed E-state index contributed by atoms with van der Waals surface area (Å²) in [5.74, 6) is -3.72. The molecule has 0 aliphatic heterocycles. The van der Waals surface area contributed by atoms with Gasteiger partial charge in [-0.2, -0.15) is 0 Å². The third kappa shape index (κ3) is 4.93. The van der Waals surface area contributed by atoms with Crippen LogP contribution in [0.3, 0.4) is 0 Å². The molecule has 1 unspecified atom stereocenters. The van der Waals surface area contributed by atoms with Crippen molar-refractivity contribution in [3.63, 3.8) is 0 Å². The molecule has 2 aromatic rings. The van der Waals surface area contributed by atoms with Gasteiger partial charge in [0.1, 0.15) is 5.56 Å². The van der Waals surface area contributed by atoms with Crippen LogP contribution in [0.1, 0.15) is 80.4 Å². The van der Waals surface area contributed by atoms with Gasteiger partial charge in [0.2, 0.25) is 11.7 Å². The predicted molar refractivity (Wildman–Crippen MR) is 123 cm³/mol. The fourth-order valence-corrected chi connectivity index (χ4v) is 4.24. The molecule has 4 N–H and O–H groups in total. The molecule has 33 heavy (non-hydrogen) atoms. The van der Waals surface area contributed by atoms with E-state index in [9.17, 15) is 24.3 Å². The SMILES string of the molecule is CC(C)(C)c1ccc(Cn2c(O)c(C(=O)C(N)C(=O)O)c(=O)n(C3CCCCC3)c2=O)cc1. The summed E-state index contributed by atoms with van der Waals surface area (Å²) in [6, 6.07) is 5.00. The van der Waals surface area contributed by atoms with Crippen LogP contribution in [-0.2, 0) is 16.8 Å². The van der Waals surface area contributed by atoms with Crippen LogP contribution in [0.25, 0.3) is 0 Å². The summed E-state index contributed by atoms with van der Waals surface area (Å²) in [5, 5.41) is 20.0. The topological polar surface area (TPSA) is 145 Å². The summed E-state index contributed by atoms with van der Waals surface area (Å²) in [4.78, 5) is 50.5. The number of benzene rings is 1. The number of nitrogens with two attached hydrogens (primary N) is 1. The Morgan fingerprint density at radius 3 is 2.18 bits per heavy atom. The van der Waals surface area contributed by atoms with Crippen LogP contribution in [0.15, 0.2) is 33.9 Å². The number of carboxylic acids is 1. The highest BCUT2D eigenvalue weighted by atomic mass is 16.4. The second-order valence-electron chi connectivity index (χ2n) is 9.66. The minimum Gasteiger partial charge on any atom is -0.494 e. The third-order valence-electron chi connectivity index (χ3n) is 6.24. The number of carbonyl (C=O) groups excluding carboxylic acids is 1. The molecule has 0 radical (unpaired) electrons. The molecule has 0 saturated heterocycles. The van der Waals surface area contributed by atoms with E-state index in [4.69, 9.17) is 10.8 Å². The number of hydrogen-bond acceptors (Lipinski definition) is 6. The maximum atomic E-state index is 13.3. The lowest BCUT2D eigenvalue weighted by Crippen LogP contribution is -2.48. The van der Waals surface area contributed by atoms with E-state index in [1.807, 2.05) is 24.3 Å². The Labute approximate surface area is 191 Å². The van der Waals surface area contributed by atoms with Crippen molar-refractivity contribution in [2.45, 2.75) is 76.9 Å². The third-order valence-corrected chi connectivity index (χ3v) is 6.24. The van der Waals surface area contributed by atoms with Crippen molar-refractivity contribution in [1.29, 1.82) is 0 Å². The summed E-state index contributed by atoms with van der Waals surface area (Å²) in [5.41, 5.74) is 4.66. The fraction of sp³-hybridized carbons (Fsp3) is 0.500. The van der Waals surface area contributed by atoms with E-state index in [2.05, 4.69) is 20.8 Å². The van der Waals surface area contributed by atoms with E-state index in [0.29, 0.717) is 18.4 Å². The van der Waals surface area contributed by atoms with Gasteiger partial charge in [0.15, 0.2) is 6.04 Å². The van der Waals surface area contributed by atoms with Gasteiger partial charge in [-0.1, -0.05) is 64.3 Å². The molecule has 0 spiro atoms. The molecule has 9 heteroatoms. The Hall–Kier alpha value is -3.20. The average Bonchev–Trinajstić information content (AvgIpc) is 2.76. The van der Waals surface area contributed by atoms with Crippen LogP contribution < -0.4 is 17.0 Å². The van der Waals surface area contributed by atoms with Crippen LogP contribution in [0.4, 0.5) is 0 Å². The quantitative estimate of drug-likeness (QED) is 0.445. The summed E-state index contributed by atoms with van der Waals surface area (Å²) in [7, 11) is 0. The zero-order chi connectivity index (χ0) is 24.5. The molecule has 3 rings (SSSR count). The smallest absolute Gasteiger partial charge is 0.334 e. The summed E-state index contributed by atoms with van der Waals surface area (Å²) in [6.45, 7) is 6.12. The van der Waals surface area contributed by atoms with Gasteiger partial charge in [-0.3, -0.25) is 23.5 Å². The summed E-state index contributed by atoms with van der Waals surface area (Å²) in [6.07, 6.45) is 3.79. The summed E-state index contributed by atoms with van der Waals surface area (Å²) >= 11 is 0. The van der Waals surface area contributed by atoms with Crippen LogP contribution in [0, 0.1) is 0 Å². The minimum atomic E-state index is -2.03. The molecule has 1 atom stereocenters. The lowest BCUT2D eigenvalue weighted by molar-refractivity contribution is -0.137. The predicted octanol–water partition coefficient (Wildman–Crippen LogP) is 2.16. The fourth-order valence-electron chi connectivity index (χ4n) is 4.24. The maximum Gasteiger partial charge on any atom is 0.334 e. The maximum absolute atomic E-state index is 13.3. The van der Waals surface area contributed by atoms with Gasteiger partial charge in [-0.25, -0.2) is 4.79 Å². The van der Waals surface area contributed by atoms with Crippen molar-refractivity contribution < 1.29 is 19.8 Å². The molecule has 1 saturated carbocycles. The lowest BCUT2D eigenvalue weighted by Gasteiger charge is -2.25. The van der Waals surface area contributed by atoms with Crippen molar-refractivity contribution in [3.05, 3.63) is 61.8 Å². The number of nitrogens with zero attached hydrogens (tertiary/aromatic N) is 2.